The molecule has 1 aliphatic carbocycles. The van der Waals surface area contributed by atoms with Gasteiger partial charge in [-0.3, -0.25) is 4.90 Å². The van der Waals surface area contributed by atoms with Crippen LogP contribution in [0.1, 0.15) is 13.3 Å². The van der Waals surface area contributed by atoms with Gasteiger partial charge in [-0.2, -0.15) is 0 Å². The van der Waals surface area contributed by atoms with Crippen LogP contribution in [0.25, 0.3) is 0 Å². The molecule has 0 radical (unpaired) electrons. The van der Waals surface area contributed by atoms with Crippen molar-refractivity contribution in [3.8, 4) is 0 Å². The highest BCUT2D eigenvalue weighted by Crippen LogP contribution is 2.49. The smallest absolute Gasteiger partial charge is 0.181 e. The van der Waals surface area contributed by atoms with Crippen LogP contribution in [-0.4, -0.2) is 30.1 Å². The van der Waals surface area contributed by atoms with Crippen molar-refractivity contribution in [1.29, 1.82) is 0 Å². The van der Waals surface area contributed by atoms with Crippen molar-refractivity contribution >= 4 is 0 Å². The Balaban J connectivity index is 2.02. The van der Waals surface area contributed by atoms with E-state index in [0.29, 0.717) is 0 Å². The molecule has 0 aromatic carbocycles. The average molecular weight is 217 g/mol. The molecule has 1 heterocycles. The monoisotopic (exact) mass is 217 g/mol. The molecular weight excluding hydrogens is 198 g/mol. The van der Waals surface area contributed by atoms with E-state index in [4.69, 9.17) is 4.74 Å². The highest BCUT2D eigenvalue weighted by Gasteiger charge is 2.54. The van der Waals surface area contributed by atoms with Gasteiger partial charge in [0.15, 0.2) is 5.60 Å². The minimum atomic E-state index is -0.0369. The van der Waals surface area contributed by atoms with E-state index in [-0.39, 0.29) is 5.60 Å². The summed E-state index contributed by atoms with van der Waals surface area (Å²) in [6.45, 7) is 12.4. The third kappa shape index (κ3) is 1.98. The fourth-order valence-electron chi connectivity index (χ4n) is 2.34. The van der Waals surface area contributed by atoms with E-state index in [2.05, 4.69) is 37.1 Å². The summed E-state index contributed by atoms with van der Waals surface area (Å²) in [6.07, 6.45) is 9.19. The van der Waals surface area contributed by atoms with Crippen molar-refractivity contribution in [3.63, 3.8) is 0 Å². The SMILES string of the molecule is C=CCN(CC=C)CC12CC=CC(C)=C1O2. The topological polar surface area (TPSA) is 15.8 Å². The lowest BCUT2D eigenvalue weighted by Gasteiger charge is -2.22. The van der Waals surface area contributed by atoms with Crippen molar-refractivity contribution in [2.24, 2.45) is 0 Å². The molecule has 2 rings (SSSR count). The van der Waals surface area contributed by atoms with Gasteiger partial charge in [-0.25, -0.2) is 0 Å². The van der Waals surface area contributed by atoms with Crippen LogP contribution in [0.4, 0.5) is 0 Å². The van der Waals surface area contributed by atoms with Crippen molar-refractivity contribution < 1.29 is 4.74 Å². The van der Waals surface area contributed by atoms with Crippen molar-refractivity contribution in [1.82, 2.24) is 4.90 Å². The van der Waals surface area contributed by atoms with Gasteiger partial charge in [-0.15, -0.1) is 13.2 Å². The Morgan fingerprint density at radius 2 is 2.12 bits per heavy atom. The maximum Gasteiger partial charge on any atom is 0.181 e. The predicted octanol–water partition coefficient (Wildman–Crippen LogP) is 2.66. The summed E-state index contributed by atoms with van der Waals surface area (Å²) < 4.78 is 5.81. The number of fused-ring (bicyclic) bond motifs is 1. The molecule has 0 aromatic heterocycles. The number of rotatable bonds is 6. The maximum absolute atomic E-state index is 5.81. The molecule has 2 nitrogen and oxygen atoms in total. The van der Waals surface area contributed by atoms with Gasteiger partial charge in [-0.05, 0) is 12.5 Å². The summed E-state index contributed by atoms with van der Waals surface area (Å²) in [6, 6.07) is 0. The molecule has 2 heteroatoms. The molecule has 1 aliphatic heterocycles. The fourth-order valence-corrected chi connectivity index (χ4v) is 2.34. The van der Waals surface area contributed by atoms with Crippen molar-refractivity contribution in [2.75, 3.05) is 19.6 Å². The standard InChI is InChI=1S/C14H19NO/c1-4-9-15(10-5-2)11-14-8-6-7-12(3)13(14)16-14/h4-7H,1-2,8-11H2,3H3. The fraction of sp³-hybridized carbons (Fsp3) is 0.429. The first kappa shape index (κ1) is 11.2. The van der Waals surface area contributed by atoms with E-state index >= 15 is 0 Å². The number of ether oxygens (including phenoxy) is 1. The second-order valence-corrected chi connectivity index (χ2v) is 4.49. The lowest BCUT2D eigenvalue weighted by Crippen LogP contribution is -2.35. The third-order valence-corrected chi connectivity index (χ3v) is 3.10. The highest BCUT2D eigenvalue weighted by atomic mass is 16.6. The molecular formula is C14H19NO. The van der Waals surface area contributed by atoms with Gasteiger partial charge in [0.05, 0.1) is 0 Å². The number of allylic oxidation sites excluding steroid dienone is 2. The van der Waals surface area contributed by atoms with Crippen LogP contribution in [0.2, 0.25) is 0 Å². The van der Waals surface area contributed by atoms with E-state index < -0.39 is 0 Å². The van der Waals surface area contributed by atoms with Crippen molar-refractivity contribution in [2.45, 2.75) is 18.9 Å². The van der Waals surface area contributed by atoms with Crippen LogP contribution < -0.4 is 0 Å². The number of hydrogen-bond acceptors (Lipinski definition) is 2. The first-order valence-electron chi connectivity index (χ1n) is 5.73. The van der Waals surface area contributed by atoms with Crippen LogP contribution in [0.15, 0.2) is 48.8 Å². The molecule has 86 valence electrons. The quantitative estimate of drug-likeness (QED) is 0.502. The Morgan fingerprint density at radius 3 is 2.75 bits per heavy atom. The summed E-state index contributed by atoms with van der Waals surface area (Å²) in [5.74, 6) is 1.17. The van der Waals surface area contributed by atoms with Gasteiger partial charge in [0.25, 0.3) is 0 Å². The molecule has 1 unspecified atom stereocenters. The lowest BCUT2D eigenvalue weighted by atomic mass is 9.96. The van der Waals surface area contributed by atoms with Gasteiger partial charge in [-0.1, -0.05) is 24.3 Å². The molecule has 1 fully saturated rings. The highest BCUT2D eigenvalue weighted by molar-refractivity contribution is 5.41. The Hall–Kier alpha value is -1.28. The zero-order chi connectivity index (χ0) is 11.6. The summed E-state index contributed by atoms with van der Waals surface area (Å²) >= 11 is 0. The van der Waals surface area contributed by atoms with E-state index in [1.54, 1.807) is 0 Å². The third-order valence-electron chi connectivity index (χ3n) is 3.10. The second kappa shape index (κ2) is 4.30. The van der Waals surface area contributed by atoms with Crippen LogP contribution in [-0.2, 0) is 4.74 Å². The van der Waals surface area contributed by atoms with E-state index in [0.717, 1.165) is 26.1 Å². The molecule has 0 saturated carbocycles. The minimum absolute atomic E-state index is 0.0369. The Bertz CT molecular complexity index is 357. The molecule has 2 aliphatic rings. The second-order valence-electron chi connectivity index (χ2n) is 4.49. The number of epoxide rings is 1. The number of nitrogens with zero attached hydrogens (tertiary/aromatic N) is 1. The normalized spacial score (nSPS) is 26.4. The summed E-state index contributed by atoms with van der Waals surface area (Å²) in [5.41, 5.74) is 1.23. The summed E-state index contributed by atoms with van der Waals surface area (Å²) in [5, 5.41) is 0. The van der Waals surface area contributed by atoms with E-state index in [1.165, 1.54) is 11.3 Å². The summed E-state index contributed by atoms with van der Waals surface area (Å²) in [4.78, 5) is 2.30. The molecule has 0 N–H and O–H groups in total. The predicted molar refractivity (Wildman–Crippen MR) is 67.1 cm³/mol. The van der Waals surface area contributed by atoms with Crippen molar-refractivity contribution in [3.05, 3.63) is 48.8 Å². The van der Waals surface area contributed by atoms with E-state index in [1.807, 2.05) is 12.2 Å². The number of hydrogen-bond donors (Lipinski definition) is 0. The Labute approximate surface area is 97.6 Å². The minimum Gasteiger partial charge on any atom is -0.477 e. The first-order chi connectivity index (χ1) is 7.72. The van der Waals surface area contributed by atoms with Crippen LogP contribution in [0.5, 0.6) is 0 Å². The Morgan fingerprint density at radius 1 is 1.44 bits per heavy atom. The maximum atomic E-state index is 5.81. The van der Waals surface area contributed by atoms with Gasteiger partial charge >= 0.3 is 0 Å². The molecule has 0 amide bonds. The largest absolute Gasteiger partial charge is 0.477 e. The Kier molecular flexibility index (Phi) is 3.01. The lowest BCUT2D eigenvalue weighted by molar-refractivity contribution is 0.213. The molecule has 16 heavy (non-hydrogen) atoms. The summed E-state index contributed by atoms with van der Waals surface area (Å²) in [7, 11) is 0. The molecule has 0 bridgehead atoms. The van der Waals surface area contributed by atoms with Gasteiger partial charge in [0, 0.05) is 26.1 Å². The molecule has 0 spiro atoms. The first-order valence-corrected chi connectivity index (χ1v) is 5.73. The average Bonchev–Trinajstić information content (AvgIpc) is 2.95. The van der Waals surface area contributed by atoms with Crippen LogP contribution >= 0.6 is 0 Å². The molecule has 1 atom stereocenters. The van der Waals surface area contributed by atoms with Crippen LogP contribution in [0, 0.1) is 0 Å². The van der Waals surface area contributed by atoms with E-state index in [9.17, 15) is 0 Å². The molecule has 1 saturated heterocycles. The van der Waals surface area contributed by atoms with Gasteiger partial charge < -0.3 is 4.74 Å². The molecule has 0 aromatic rings. The van der Waals surface area contributed by atoms with Gasteiger partial charge in [0.2, 0.25) is 0 Å². The van der Waals surface area contributed by atoms with Gasteiger partial charge in [0.1, 0.15) is 5.76 Å². The van der Waals surface area contributed by atoms with Crippen LogP contribution in [0.3, 0.4) is 0 Å². The zero-order valence-electron chi connectivity index (χ0n) is 9.91. The zero-order valence-corrected chi connectivity index (χ0v) is 9.91.